The number of rotatable bonds is 3. The van der Waals surface area contributed by atoms with E-state index in [2.05, 4.69) is 15.9 Å². The number of hydrogen-bond donors (Lipinski definition) is 0. The molecule has 88 valence electrons. The first-order valence-electron chi connectivity index (χ1n) is 4.54. The van der Waals surface area contributed by atoms with Crippen molar-refractivity contribution in [2.75, 3.05) is 5.33 Å². The van der Waals surface area contributed by atoms with E-state index in [4.69, 9.17) is 11.6 Å². The summed E-state index contributed by atoms with van der Waals surface area (Å²) in [5.74, 6) is 0. The highest BCUT2D eigenvalue weighted by Crippen LogP contribution is 2.32. The minimum absolute atomic E-state index is 0.318. The summed E-state index contributed by atoms with van der Waals surface area (Å²) in [6.07, 6.45) is -0.218. The summed E-state index contributed by atoms with van der Waals surface area (Å²) in [7, 11) is 0. The van der Waals surface area contributed by atoms with Crippen LogP contribution in [-0.2, 0) is 6.18 Å². The molecule has 0 heterocycles. The molecule has 0 bridgehead atoms. The van der Waals surface area contributed by atoms with Gasteiger partial charge in [0.2, 0.25) is 0 Å². The molecule has 0 aromatic heterocycles. The topological polar surface area (TPSA) is 0 Å². The average Bonchev–Trinajstić information content (AvgIpc) is 2.19. The fourth-order valence-electron chi connectivity index (χ4n) is 1.12. The quantitative estimate of drug-likeness (QED) is 0.676. The Morgan fingerprint density at radius 3 is 2.56 bits per heavy atom. The third kappa shape index (κ3) is 3.83. The lowest BCUT2D eigenvalue weighted by Crippen LogP contribution is -2.04. The van der Waals surface area contributed by atoms with Gasteiger partial charge in [0.1, 0.15) is 0 Å². The van der Waals surface area contributed by atoms with E-state index in [1.165, 1.54) is 6.07 Å². The molecule has 5 heteroatoms. The molecule has 1 aromatic carbocycles. The van der Waals surface area contributed by atoms with Crippen LogP contribution in [0.3, 0.4) is 0 Å². The molecule has 0 saturated heterocycles. The second-order valence-corrected chi connectivity index (χ2v) is 4.31. The van der Waals surface area contributed by atoms with Crippen molar-refractivity contribution >= 4 is 33.6 Å². The maximum absolute atomic E-state index is 12.4. The van der Waals surface area contributed by atoms with Gasteiger partial charge in [0.25, 0.3) is 0 Å². The van der Waals surface area contributed by atoms with Crippen LogP contribution in [0.4, 0.5) is 13.2 Å². The molecule has 0 aliphatic heterocycles. The molecule has 0 fully saturated rings. The standard InChI is InChI=1S/C11H9BrClF3/c12-6-2-1-3-8-7-9(11(14,15)16)4-5-10(8)13/h1,3-5,7H,2,6H2. The van der Waals surface area contributed by atoms with Crippen LogP contribution in [-0.4, -0.2) is 5.33 Å². The van der Waals surface area contributed by atoms with Crippen LogP contribution in [0.25, 0.3) is 6.08 Å². The molecule has 1 rings (SSSR count). The first kappa shape index (κ1) is 13.6. The van der Waals surface area contributed by atoms with Gasteiger partial charge in [-0.25, -0.2) is 0 Å². The summed E-state index contributed by atoms with van der Waals surface area (Å²) in [6.45, 7) is 0. The Bertz CT molecular complexity index is 385. The molecule has 0 aliphatic rings. The average molecular weight is 314 g/mol. The van der Waals surface area contributed by atoms with Crippen molar-refractivity contribution < 1.29 is 13.2 Å². The molecule has 0 radical (unpaired) electrons. The van der Waals surface area contributed by atoms with Crippen LogP contribution in [0.1, 0.15) is 17.5 Å². The molecule has 0 spiro atoms. The van der Waals surface area contributed by atoms with E-state index in [1.807, 2.05) is 0 Å². The number of hydrogen-bond acceptors (Lipinski definition) is 0. The molecule has 0 aliphatic carbocycles. The molecule has 0 unspecified atom stereocenters. The number of halogens is 5. The van der Waals surface area contributed by atoms with E-state index < -0.39 is 11.7 Å². The minimum atomic E-state index is -4.33. The van der Waals surface area contributed by atoms with Crippen molar-refractivity contribution in [1.82, 2.24) is 0 Å². The van der Waals surface area contributed by atoms with E-state index in [-0.39, 0.29) is 0 Å². The smallest absolute Gasteiger partial charge is 0.166 e. The van der Waals surface area contributed by atoms with Crippen molar-refractivity contribution in [2.45, 2.75) is 12.6 Å². The zero-order valence-corrected chi connectivity index (χ0v) is 10.5. The summed E-state index contributed by atoms with van der Waals surface area (Å²) in [6, 6.07) is 3.29. The van der Waals surface area contributed by atoms with Gasteiger partial charge in [-0.15, -0.1) is 0 Å². The largest absolute Gasteiger partial charge is 0.416 e. The summed E-state index contributed by atoms with van der Waals surface area (Å²) < 4.78 is 37.2. The summed E-state index contributed by atoms with van der Waals surface area (Å²) >= 11 is 9.02. The molecule has 0 amide bonds. The van der Waals surface area contributed by atoms with Crippen LogP contribution >= 0.6 is 27.5 Å². The van der Waals surface area contributed by atoms with Crippen molar-refractivity contribution in [3.05, 3.63) is 40.4 Å². The Morgan fingerprint density at radius 1 is 1.31 bits per heavy atom. The molecule has 0 atom stereocenters. The van der Waals surface area contributed by atoms with Gasteiger partial charge in [0.15, 0.2) is 0 Å². The summed E-state index contributed by atoms with van der Waals surface area (Å²) in [5.41, 5.74) is -0.298. The zero-order valence-electron chi connectivity index (χ0n) is 8.19. The Hall–Kier alpha value is -0.480. The predicted molar refractivity (Wildman–Crippen MR) is 63.9 cm³/mol. The van der Waals surface area contributed by atoms with E-state index in [1.54, 1.807) is 12.2 Å². The number of alkyl halides is 4. The van der Waals surface area contributed by atoms with Gasteiger partial charge in [-0.3, -0.25) is 0 Å². The molecule has 1 aromatic rings. The number of allylic oxidation sites excluding steroid dienone is 1. The first-order valence-corrected chi connectivity index (χ1v) is 6.04. The molecular weight excluding hydrogens is 304 g/mol. The van der Waals surface area contributed by atoms with Gasteiger partial charge in [-0.1, -0.05) is 39.7 Å². The van der Waals surface area contributed by atoms with Gasteiger partial charge < -0.3 is 0 Å². The third-order valence-electron chi connectivity index (χ3n) is 1.90. The monoisotopic (exact) mass is 312 g/mol. The fourth-order valence-corrected chi connectivity index (χ4v) is 1.57. The second kappa shape index (κ2) is 5.73. The molecule has 16 heavy (non-hydrogen) atoms. The Kier molecular flexibility index (Phi) is 4.87. The van der Waals surface area contributed by atoms with E-state index in [0.29, 0.717) is 10.6 Å². The predicted octanol–water partition coefficient (Wildman–Crippen LogP) is 5.16. The maximum Gasteiger partial charge on any atom is 0.416 e. The van der Waals surface area contributed by atoms with E-state index >= 15 is 0 Å². The lowest BCUT2D eigenvalue weighted by molar-refractivity contribution is -0.137. The van der Waals surface area contributed by atoms with E-state index in [0.717, 1.165) is 23.9 Å². The van der Waals surface area contributed by atoms with Crippen LogP contribution in [0.2, 0.25) is 5.02 Å². The lowest BCUT2D eigenvalue weighted by Gasteiger charge is -2.08. The summed E-state index contributed by atoms with van der Waals surface area (Å²) in [5, 5.41) is 1.08. The van der Waals surface area contributed by atoms with E-state index in [9.17, 15) is 13.2 Å². The first-order chi connectivity index (χ1) is 7.45. The van der Waals surface area contributed by atoms with Gasteiger partial charge in [0.05, 0.1) is 5.56 Å². The molecule has 0 N–H and O–H groups in total. The second-order valence-electron chi connectivity index (χ2n) is 3.11. The van der Waals surface area contributed by atoms with Gasteiger partial charge >= 0.3 is 6.18 Å². The van der Waals surface area contributed by atoms with Crippen molar-refractivity contribution in [3.63, 3.8) is 0 Å². The minimum Gasteiger partial charge on any atom is -0.166 e. The normalized spacial score (nSPS) is 12.3. The van der Waals surface area contributed by atoms with Crippen molar-refractivity contribution in [3.8, 4) is 0 Å². The van der Waals surface area contributed by atoms with Crippen molar-refractivity contribution in [1.29, 1.82) is 0 Å². The molecule has 0 saturated carbocycles. The van der Waals surface area contributed by atoms with Crippen LogP contribution in [0, 0.1) is 0 Å². The highest BCUT2D eigenvalue weighted by Gasteiger charge is 2.30. The zero-order chi connectivity index (χ0) is 12.2. The van der Waals surface area contributed by atoms with Crippen molar-refractivity contribution in [2.24, 2.45) is 0 Å². The SMILES string of the molecule is FC(F)(F)c1ccc(Cl)c(C=CCCBr)c1. The van der Waals surface area contributed by atoms with Gasteiger partial charge in [-0.05, 0) is 30.2 Å². The Morgan fingerprint density at radius 2 is 2.00 bits per heavy atom. The van der Waals surface area contributed by atoms with Crippen LogP contribution in [0.5, 0.6) is 0 Å². The van der Waals surface area contributed by atoms with Crippen LogP contribution in [0.15, 0.2) is 24.3 Å². The maximum atomic E-state index is 12.4. The Balaban J connectivity index is 3.00. The van der Waals surface area contributed by atoms with Gasteiger partial charge in [-0.2, -0.15) is 13.2 Å². The highest BCUT2D eigenvalue weighted by atomic mass is 79.9. The molecular formula is C11H9BrClF3. The van der Waals surface area contributed by atoms with Gasteiger partial charge in [0, 0.05) is 10.4 Å². The van der Waals surface area contributed by atoms with Crippen LogP contribution < -0.4 is 0 Å². The third-order valence-corrected chi connectivity index (χ3v) is 2.70. The lowest BCUT2D eigenvalue weighted by atomic mass is 10.1. The number of benzene rings is 1. The summed E-state index contributed by atoms with van der Waals surface area (Å²) in [4.78, 5) is 0. The Labute approximate surface area is 105 Å². The molecule has 0 nitrogen and oxygen atoms in total. The highest BCUT2D eigenvalue weighted by molar-refractivity contribution is 9.09. The fraction of sp³-hybridized carbons (Fsp3) is 0.273.